The maximum absolute atomic E-state index is 12.9. The molecule has 1 aliphatic heterocycles. The van der Waals surface area contributed by atoms with Gasteiger partial charge in [-0.05, 0) is 29.8 Å². The maximum atomic E-state index is 12.9. The van der Waals surface area contributed by atoms with Crippen LogP contribution >= 0.6 is 15.9 Å². The number of amides is 1. The molecule has 1 heterocycles. The molecule has 23 heavy (non-hydrogen) atoms. The number of carbonyl (C=O) groups excluding carboxylic acids is 1. The van der Waals surface area contributed by atoms with Gasteiger partial charge in [-0.25, -0.2) is 4.79 Å². The zero-order valence-electron chi connectivity index (χ0n) is 12.5. The third-order valence-corrected chi connectivity index (χ3v) is 4.34. The van der Waals surface area contributed by atoms with E-state index in [1.165, 1.54) is 0 Å². The molecule has 1 aliphatic rings. The van der Waals surface area contributed by atoms with E-state index in [0.29, 0.717) is 12.1 Å². The van der Waals surface area contributed by atoms with Gasteiger partial charge < -0.3 is 14.7 Å². The predicted molar refractivity (Wildman–Crippen MR) is 89.5 cm³/mol. The molecule has 0 bridgehead atoms. The molecule has 5 nitrogen and oxygen atoms in total. The van der Waals surface area contributed by atoms with Gasteiger partial charge in [0, 0.05) is 16.6 Å². The number of nitrogens with zero attached hydrogens (tertiary/aromatic N) is 1. The lowest BCUT2D eigenvalue weighted by atomic mass is 10.0. The topological polar surface area (TPSA) is 66.8 Å². The fourth-order valence-electron chi connectivity index (χ4n) is 2.87. The number of aliphatic carboxylic acids is 1. The smallest absolute Gasteiger partial charge is 0.334 e. The lowest BCUT2D eigenvalue weighted by Crippen LogP contribution is -2.51. The standard InChI is InChI=1S/C17H16BrNO4/c1-10-8-19(9-15(23-10)17(21)22)16(20)14-7-12(18)6-11-4-2-3-5-13(11)14/h2-7,10,15H,8-9H2,1H3,(H,21,22)/t10-,15?/m1/s1. The van der Waals surface area contributed by atoms with Gasteiger partial charge in [-0.15, -0.1) is 0 Å². The molecule has 0 spiro atoms. The third kappa shape index (κ3) is 3.23. The molecule has 0 saturated carbocycles. The van der Waals surface area contributed by atoms with Crippen molar-refractivity contribution in [1.29, 1.82) is 0 Å². The van der Waals surface area contributed by atoms with Gasteiger partial charge in [0.25, 0.3) is 5.91 Å². The van der Waals surface area contributed by atoms with E-state index in [9.17, 15) is 14.7 Å². The number of carboxylic acid groups (broad SMARTS) is 1. The normalized spacial score (nSPS) is 21.4. The first kappa shape index (κ1) is 16.0. The van der Waals surface area contributed by atoms with Crippen LogP contribution in [0.2, 0.25) is 0 Å². The van der Waals surface area contributed by atoms with E-state index in [1.807, 2.05) is 30.3 Å². The number of rotatable bonds is 2. The Morgan fingerprint density at radius 1 is 1.26 bits per heavy atom. The average Bonchev–Trinajstić information content (AvgIpc) is 2.52. The van der Waals surface area contributed by atoms with E-state index in [4.69, 9.17) is 4.74 Å². The molecule has 120 valence electrons. The van der Waals surface area contributed by atoms with Crippen molar-refractivity contribution in [2.45, 2.75) is 19.1 Å². The number of ether oxygens (including phenoxy) is 1. The molecule has 1 unspecified atom stereocenters. The Morgan fingerprint density at radius 2 is 2.00 bits per heavy atom. The van der Waals surface area contributed by atoms with Crippen LogP contribution in [0, 0.1) is 0 Å². The van der Waals surface area contributed by atoms with Gasteiger partial charge in [-0.3, -0.25) is 4.79 Å². The fourth-order valence-corrected chi connectivity index (χ4v) is 3.35. The molecule has 0 aliphatic carbocycles. The van der Waals surface area contributed by atoms with Crippen LogP contribution in [0.4, 0.5) is 0 Å². The minimum atomic E-state index is -1.05. The van der Waals surface area contributed by atoms with Crippen LogP contribution in [0.5, 0.6) is 0 Å². The summed E-state index contributed by atoms with van der Waals surface area (Å²) in [4.78, 5) is 25.7. The third-order valence-electron chi connectivity index (χ3n) is 3.88. The van der Waals surface area contributed by atoms with Crippen molar-refractivity contribution >= 4 is 38.6 Å². The number of halogens is 1. The molecule has 0 radical (unpaired) electrons. The number of morpholine rings is 1. The summed E-state index contributed by atoms with van der Waals surface area (Å²) in [6.07, 6.45) is -1.30. The van der Waals surface area contributed by atoms with Crippen molar-refractivity contribution in [2.24, 2.45) is 0 Å². The Labute approximate surface area is 142 Å². The van der Waals surface area contributed by atoms with Crippen molar-refractivity contribution in [3.8, 4) is 0 Å². The summed E-state index contributed by atoms with van der Waals surface area (Å²) in [5.74, 6) is -1.22. The predicted octanol–water partition coefficient (Wildman–Crippen LogP) is 2.92. The van der Waals surface area contributed by atoms with Gasteiger partial charge in [-0.2, -0.15) is 0 Å². The van der Waals surface area contributed by atoms with E-state index in [1.54, 1.807) is 17.9 Å². The van der Waals surface area contributed by atoms with Crippen LogP contribution in [0.3, 0.4) is 0 Å². The molecule has 0 aromatic heterocycles. The van der Waals surface area contributed by atoms with Gasteiger partial charge in [0.2, 0.25) is 0 Å². The summed E-state index contributed by atoms with van der Waals surface area (Å²) < 4.78 is 6.19. The Hall–Kier alpha value is -1.92. The summed E-state index contributed by atoms with van der Waals surface area (Å²) in [7, 11) is 0. The van der Waals surface area contributed by atoms with Crippen molar-refractivity contribution in [2.75, 3.05) is 13.1 Å². The van der Waals surface area contributed by atoms with Gasteiger partial charge in [0.15, 0.2) is 6.10 Å². The first-order valence-corrected chi connectivity index (χ1v) is 8.11. The summed E-state index contributed by atoms with van der Waals surface area (Å²) >= 11 is 3.43. The van der Waals surface area contributed by atoms with E-state index in [0.717, 1.165) is 15.2 Å². The Bertz CT molecular complexity index is 776. The zero-order valence-corrected chi connectivity index (χ0v) is 14.1. The molecule has 2 aromatic rings. The van der Waals surface area contributed by atoms with Gasteiger partial charge in [0.1, 0.15) is 0 Å². The highest BCUT2D eigenvalue weighted by Gasteiger charge is 2.33. The lowest BCUT2D eigenvalue weighted by Gasteiger charge is -2.35. The molecule has 1 fully saturated rings. The number of carboxylic acids is 1. The highest BCUT2D eigenvalue weighted by atomic mass is 79.9. The number of hydrogen-bond donors (Lipinski definition) is 1. The van der Waals surface area contributed by atoms with E-state index >= 15 is 0 Å². The molecule has 3 rings (SSSR count). The first-order valence-electron chi connectivity index (χ1n) is 7.31. The summed E-state index contributed by atoms with van der Waals surface area (Å²) in [5.41, 5.74) is 0.563. The minimum Gasteiger partial charge on any atom is -0.479 e. The number of benzene rings is 2. The SMILES string of the molecule is C[C@@H]1CN(C(=O)c2cc(Br)cc3ccccc23)CC(C(=O)O)O1. The lowest BCUT2D eigenvalue weighted by molar-refractivity contribution is -0.160. The number of hydrogen-bond acceptors (Lipinski definition) is 3. The Kier molecular flexibility index (Phi) is 4.37. The van der Waals surface area contributed by atoms with E-state index < -0.39 is 12.1 Å². The van der Waals surface area contributed by atoms with Crippen LogP contribution in [0.25, 0.3) is 10.8 Å². The molecular formula is C17H16BrNO4. The summed E-state index contributed by atoms with van der Waals surface area (Å²) in [5, 5.41) is 11.0. The summed E-state index contributed by atoms with van der Waals surface area (Å²) in [6, 6.07) is 11.4. The average molecular weight is 378 g/mol. The van der Waals surface area contributed by atoms with Crippen molar-refractivity contribution in [1.82, 2.24) is 4.90 Å². The largest absolute Gasteiger partial charge is 0.479 e. The molecule has 1 N–H and O–H groups in total. The second kappa shape index (κ2) is 6.29. The molecule has 1 saturated heterocycles. The number of carbonyl (C=O) groups is 2. The van der Waals surface area contributed by atoms with Crippen LogP contribution in [-0.4, -0.2) is 47.2 Å². The maximum Gasteiger partial charge on any atom is 0.334 e. The van der Waals surface area contributed by atoms with Crippen molar-refractivity contribution < 1.29 is 19.4 Å². The zero-order chi connectivity index (χ0) is 16.6. The van der Waals surface area contributed by atoms with Crippen LogP contribution in [-0.2, 0) is 9.53 Å². The number of fused-ring (bicyclic) bond motifs is 1. The van der Waals surface area contributed by atoms with Crippen LogP contribution < -0.4 is 0 Å². The molecular weight excluding hydrogens is 362 g/mol. The van der Waals surface area contributed by atoms with Crippen molar-refractivity contribution in [3.63, 3.8) is 0 Å². The second-order valence-corrected chi connectivity index (χ2v) is 6.57. The van der Waals surface area contributed by atoms with Gasteiger partial charge in [-0.1, -0.05) is 40.2 Å². The highest BCUT2D eigenvalue weighted by molar-refractivity contribution is 9.10. The molecule has 2 atom stereocenters. The van der Waals surface area contributed by atoms with Crippen LogP contribution in [0.15, 0.2) is 40.9 Å². The quantitative estimate of drug-likeness (QED) is 0.873. The van der Waals surface area contributed by atoms with E-state index in [2.05, 4.69) is 15.9 Å². The van der Waals surface area contributed by atoms with Crippen molar-refractivity contribution in [3.05, 3.63) is 46.4 Å². The Morgan fingerprint density at radius 3 is 2.74 bits per heavy atom. The molecule has 6 heteroatoms. The molecule has 2 aromatic carbocycles. The molecule has 1 amide bonds. The van der Waals surface area contributed by atoms with E-state index in [-0.39, 0.29) is 18.6 Å². The Balaban J connectivity index is 1.98. The van der Waals surface area contributed by atoms with Gasteiger partial charge >= 0.3 is 5.97 Å². The van der Waals surface area contributed by atoms with Gasteiger partial charge in [0.05, 0.1) is 12.6 Å². The summed E-state index contributed by atoms with van der Waals surface area (Å²) in [6.45, 7) is 2.21. The minimum absolute atomic E-state index is 0.0549. The second-order valence-electron chi connectivity index (χ2n) is 5.66. The first-order chi connectivity index (χ1) is 11.0. The monoisotopic (exact) mass is 377 g/mol. The highest BCUT2D eigenvalue weighted by Crippen LogP contribution is 2.26. The fraction of sp³-hybridized carbons (Fsp3) is 0.294. The van der Waals surface area contributed by atoms with Crippen LogP contribution in [0.1, 0.15) is 17.3 Å².